The first kappa shape index (κ1) is 21.4. The molecule has 0 spiro atoms. The molecular formula is C30H35BO. The van der Waals surface area contributed by atoms with Gasteiger partial charge in [0, 0.05) is 5.41 Å². The Hall–Kier alpha value is -2.48. The Labute approximate surface area is 194 Å². The molecule has 0 radical (unpaired) electrons. The minimum absolute atomic E-state index is 0.0575. The number of hydrogen-bond donors (Lipinski definition) is 0. The van der Waals surface area contributed by atoms with Gasteiger partial charge in [-0.1, -0.05) is 103 Å². The van der Waals surface area contributed by atoms with Crippen LogP contribution in [0.2, 0.25) is 0 Å². The molecule has 3 aromatic rings. The summed E-state index contributed by atoms with van der Waals surface area (Å²) in [5.41, 5.74) is 11.2. The zero-order valence-corrected chi connectivity index (χ0v) is 21.1. The van der Waals surface area contributed by atoms with Crippen LogP contribution in [-0.4, -0.2) is 6.71 Å². The number of aryl methyl sites for hydroxylation is 1. The molecule has 2 aliphatic heterocycles. The first-order valence-corrected chi connectivity index (χ1v) is 11.9. The van der Waals surface area contributed by atoms with E-state index in [1.807, 2.05) is 0 Å². The van der Waals surface area contributed by atoms with Crippen molar-refractivity contribution in [3.05, 3.63) is 76.3 Å². The van der Waals surface area contributed by atoms with Gasteiger partial charge in [-0.05, 0) is 63.1 Å². The maximum absolute atomic E-state index is 6.60. The van der Waals surface area contributed by atoms with Crippen LogP contribution in [0.5, 0.6) is 11.5 Å². The minimum atomic E-state index is -0.0873. The highest BCUT2D eigenvalue weighted by atomic mass is 16.5. The minimum Gasteiger partial charge on any atom is -0.458 e. The van der Waals surface area contributed by atoms with Crippen molar-refractivity contribution >= 4 is 23.1 Å². The highest BCUT2D eigenvalue weighted by Gasteiger charge is 2.47. The van der Waals surface area contributed by atoms with E-state index in [2.05, 4.69) is 111 Å². The van der Waals surface area contributed by atoms with Gasteiger partial charge in [0.05, 0.1) is 0 Å². The van der Waals surface area contributed by atoms with E-state index >= 15 is 0 Å². The van der Waals surface area contributed by atoms with Crippen molar-refractivity contribution in [2.24, 2.45) is 0 Å². The molecule has 0 saturated carbocycles. The molecule has 2 heteroatoms. The molecule has 0 N–H and O–H groups in total. The SMILES string of the molecule is Cc1ccc2c(c1)B1c3cc(C(C)(C)C)ccc3Oc3ccc(C(C)(C)C)c(c31)C2(C)C. The second kappa shape index (κ2) is 6.53. The topological polar surface area (TPSA) is 9.23 Å². The van der Waals surface area contributed by atoms with Crippen LogP contribution < -0.4 is 21.1 Å². The first-order valence-electron chi connectivity index (χ1n) is 11.9. The van der Waals surface area contributed by atoms with Gasteiger partial charge >= 0.3 is 0 Å². The van der Waals surface area contributed by atoms with Crippen LogP contribution in [0.15, 0.2) is 48.5 Å². The summed E-state index contributed by atoms with van der Waals surface area (Å²) >= 11 is 0. The second-order valence-corrected chi connectivity index (χ2v) is 12.4. The average Bonchev–Trinajstić information content (AvgIpc) is 2.68. The highest BCUT2D eigenvalue weighted by molar-refractivity contribution is 6.98. The molecule has 164 valence electrons. The Morgan fingerprint density at radius 2 is 1.44 bits per heavy atom. The average molecular weight is 422 g/mol. The molecule has 2 heterocycles. The van der Waals surface area contributed by atoms with E-state index in [1.54, 1.807) is 0 Å². The lowest BCUT2D eigenvalue weighted by molar-refractivity contribution is 0.479. The molecule has 3 aromatic carbocycles. The lowest BCUT2D eigenvalue weighted by atomic mass is 9.30. The third kappa shape index (κ3) is 2.99. The Morgan fingerprint density at radius 3 is 2.09 bits per heavy atom. The Bertz CT molecular complexity index is 1250. The van der Waals surface area contributed by atoms with Gasteiger partial charge in [0.1, 0.15) is 11.5 Å². The van der Waals surface area contributed by atoms with Crippen molar-refractivity contribution in [1.29, 1.82) is 0 Å². The monoisotopic (exact) mass is 422 g/mol. The van der Waals surface area contributed by atoms with Crippen LogP contribution in [-0.2, 0) is 16.2 Å². The van der Waals surface area contributed by atoms with Gasteiger partial charge < -0.3 is 4.74 Å². The molecule has 2 aliphatic rings. The predicted molar refractivity (Wildman–Crippen MR) is 138 cm³/mol. The summed E-state index contributed by atoms with van der Waals surface area (Å²) in [7, 11) is 0. The Balaban J connectivity index is 1.91. The van der Waals surface area contributed by atoms with Gasteiger partial charge in [0.2, 0.25) is 0 Å². The number of benzene rings is 3. The number of ether oxygens (including phenoxy) is 1. The van der Waals surface area contributed by atoms with Crippen molar-refractivity contribution in [1.82, 2.24) is 0 Å². The molecule has 0 aliphatic carbocycles. The fourth-order valence-electron chi connectivity index (χ4n) is 5.83. The second-order valence-electron chi connectivity index (χ2n) is 12.4. The number of fused-ring (bicyclic) bond motifs is 4. The Morgan fingerprint density at radius 1 is 0.750 bits per heavy atom. The number of rotatable bonds is 0. The zero-order chi connectivity index (χ0) is 23.2. The van der Waals surface area contributed by atoms with Crippen LogP contribution >= 0.6 is 0 Å². The van der Waals surface area contributed by atoms with E-state index in [4.69, 9.17) is 4.74 Å². The fraction of sp³-hybridized carbons (Fsp3) is 0.400. The van der Waals surface area contributed by atoms with Gasteiger partial charge in [0.25, 0.3) is 6.71 Å². The summed E-state index contributed by atoms with van der Waals surface area (Å²) in [5.74, 6) is 2.02. The van der Waals surface area contributed by atoms with Gasteiger partial charge in [0.15, 0.2) is 0 Å². The van der Waals surface area contributed by atoms with E-state index in [9.17, 15) is 0 Å². The summed E-state index contributed by atoms with van der Waals surface area (Å²) < 4.78 is 6.60. The summed E-state index contributed by atoms with van der Waals surface area (Å²) in [4.78, 5) is 0. The Kier molecular flexibility index (Phi) is 4.36. The standard InChI is InChI=1S/C30H35BO/c1-18-10-12-20-22(16-18)31-23-17-19(28(2,3)4)11-14-24(23)32-25-15-13-21(29(5,6)7)26(27(25)31)30(20,8)9/h10-17H,1-9H3. The van der Waals surface area contributed by atoms with E-state index in [0.29, 0.717) is 0 Å². The van der Waals surface area contributed by atoms with E-state index < -0.39 is 0 Å². The third-order valence-corrected chi connectivity index (χ3v) is 7.53. The van der Waals surface area contributed by atoms with Gasteiger partial charge in [-0.25, -0.2) is 0 Å². The molecule has 0 unspecified atom stereocenters. The quantitative estimate of drug-likeness (QED) is 0.323. The van der Waals surface area contributed by atoms with Crippen LogP contribution in [0.4, 0.5) is 0 Å². The summed E-state index contributed by atoms with van der Waals surface area (Å²) in [6.07, 6.45) is 0. The van der Waals surface area contributed by atoms with Crippen molar-refractivity contribution in [3.63, 3.8) is 0 Å². The van der Waals surface area contributed by atoms with Crippen LogP contribution in [0.3, 0.4) is 0 Å². The number of hydrogen-bond acceptors (Lipinski definition) is 1. The fourth-order valence-corrected chi connectivity index (χ4v) is 5.83. The molecular weight excluding hydrogens is 387 g/mol. The van der Waals surface area contributed by atoms with Crippen molar-refractivity contribution < 1.29 is 4.74 Å². The summed E-state index contributed by atoms with van der Waals surface area (Å²) in [6, 6.07) is 18.4. The highest BCUT2D eigenvalue weighted by Crippen LogP contribution is 2.43. The van der Waals surface area contributed by atoms with Gasteiger partial charge in [-0.3, -0.25) is 0 Å². The van der Waals surface area contributed by atoms with Crippen LogP contribution in [0.25, 0.3) is 0 Å². The molecule has 0 bridgehead atoms. The molecule has 1 nitrogen and oxygen atoms in total. The maximum atomic E-state index is 6.60. The van der Waals surface area contributed by atoms with Crippen molar-refractivity contribution in [3.8, 4) is 11.5 Å². The smallest absolute Gasteiger partial charge is 0.251 e. The van der Waals surface area contributed by atoms with Gasteiger partial charge in [-0.15, -0.1) is 0 Å². The van der Waals surface area contributed by atoms with E-state index in [-0.39, 0.29) is 23.0 Å². The molecule has 0 fully saturated rings. The lowest BCUT2D eigenvalue weighted by Crippen LogP contribution is -2.63. The summed E-state index contributed by atoms with van der Waals surface area (Å²) in [6.45, 7) is 21.1. The normalized spacial score (nSPS) is 16.1. The molecule has 0 amide bonds. The summed E-state index contributed by atoms with van der Waals surface area (Å²) in [5, 5.41) is 0. The van der Waals surface area contributed by atoms with Gasteiger partial charge in [-0.2, -0.15) is 0 Å². The predicted octanol–water partition coefficient (Wildman–Crippen LogP) is 5.85. The molecule has 32 heavy (non-hydrogen) atoms. The van der Waals surface area contributed by atoms with E-state index in [1.165, 1.54) is 44.2 Å². The third-order valence-electron chi connectivity index (χ3n) is 7.53. The molecule has 0 aromatic heterocycles. The zero-order valence-electron chi connectivity index (χ0n) is 21.1. The van der Waals surface area contributed by atoms with Crippen molar-refractivity contribution in [2.45, 2.75) is 78.6 Å². The maximum Gasteiger partial charge on any atom is 0.251 e. The van der Waals surface area contributed by atoms with E-state index in [0.717, 1.165) is 11.5 Å². The van der Waals surface area contributed by atoms with Crippen LogP contribution in [0.1, 0.15) is 83.2 Å². The molecule has 5 rings (SSSR count). The lowest BCUT2D eigenvalue weighted by Gasteiger charge is -2.45. The van der Waals surface area contributed by atoms with Crippen molar-refractivity contribution in [2.75, 3.05) is 0 Å². The first-order chi connectivity index (χ1) is 14.8. The molecule has 0 saturated heterocycles. The van der Waals surface area contributed by atoms with Crippen LogP contribution in [0, 0.1) is 6.92 Å². The molecule has 0 atom stereocenters. The largest absolute Gasteiger partial charge is 0.458 e.